The normalized spacial score (nSPS) is 20.5. The van der Waals surface area contributed by atoms with Gasteiger partial charge in [-0.3, -0.25) is 14.4 Å². The van der Waals surface area contributed by atoms with Gasteiger partial charge in [-0.25, -0.2) is 0 Å². The molecule has 0 radical (unpaired) electrons. The Kier molecular flexibility index (Phi) is 4.34. The van der Waals surface area contributed by atoms with Crippen LogP contribution in [0.25, 0.3) is 11.5 Å². The summed E-state index contributed by atoms with van der Waals surface area (Å²) < 4.78 is 12.5. The van der Waals surface area contributed by atoms with Crippen molar-refractivity contribution in [3.05, 3.63) is 48.1 Å². The van der Waals surface area contributed by atoms with Crippen molar-refractivity contribution in [3.8, 4) is 11.5 Å². The number of furan rings is 1. The highest BCUT2D eigenvalue weighted by atomic mass is 16.5. The zero-order chi connectivity index (χ0) is 18.1. The zero-order valence-corrected chi connectivity index (χ0v) is 14.8. The summed E-state index contributed by atoms with van der Waals surface area (Å²) in [6, 6.07) is 5.52. The van der Waals surface area contributed by atoms with E-state index in [0.29, 0.717) is 24.6 Å². The van der Waals surface area contributed by atoms with E-state index in [1.807, 2.05) is 37.6 Å². The summed E-state index contributed by atoms with van der Waals surface area (Å²) in [5.74, 6) is 1.32. The number of hydrogen-bond acceptors (Lipinski definition) is 6. The van der Waals surface area contributed by atoms with E-state index in [-0.39, 0.29) is 17.7 Å². The molecule has 3 aromatic rings. The predicted molar refractivity (Wildman–Crippen MR) is 93.0 cm³/mol. The van der Waals surface area contributed by atoms with E-state index in [2.05, 4.69) is 20.5 Å². The zero-order valence-electron chi connectivity index (χ0n) is 14.8. The fraction of sp³-hybridized carbons (Fsp3) is 0.389. The van der Waals surface area contributed by atoms with Crippen molar-refractivity contribution in [2.45, 2.75) is 12.5 Å². The Balaban J connectivity index is 1.50. The van der Waals surface area contributed by atoms with Crippen LogP contribution in [0.2, 0.25) is 0 Å². The van der Waals surface area contributed by atoms with Crippen LogP contribution in [0.3, 0.4) is 0 Å². The third-order valence-corrected chi connectivity index (χ3v) is 4.84. The maximum Gasteiger partial charge on any atom is 0.224 e. The molecule has 2 atom stereocenters. The first-order chi connectivity index (χ1) is 12.6. The minimum Gasteiger partial charge on any atom is -0.461 e. The smallest absolute Gasteiger partial charge is 0.224 e. The summed E-state index contributed by atoms with van der Waals surface area (Å²) >= 11 is 0. The number of aromatic nitrogens is 3. The Labute approximate surface area is 150 Å². The number of hydrogen-bond donors (Lipinski definition) is 1. The van der Waals surface area contributed by atoms with Crippen LogP contribution in [0.1, 0.15) is 17.2 Å². The van der Waals surface area contributed by atoms with Crippen molar-refractivity contribution in [3.63, 3.8) is 0 Å². The topological polar surface area (TPSA) is 89.3 Å². The van der Waals surface area contributed by atoms with E-state index in [0.717, 1.165) is 17.8 Å². The van der Waals surface area contributed by atoms with Crippen molar-refractivity contribution >= 4 is 5.91 Å². The Morgan fingerprint density at radius 2 is 2.27 bits per heavy atom. The van der Waals surface area contributed by atoms with Crippen LogP contribution in [0.15, 0.2) is 45.8 Å². The number of likely N-dealkylation sites (tertiary alicyclic amines) is 1. The Hall–Kier alpha value is -2.87. The highest BCUT2D eigenvalue weighted by Crippen LogP contribution is 2.33. The molecule has 1 fully saturated rings. The molecule has 4 heterocycles. The minimum atomic E-state index is -0.111. The first kappa shape index (κ1) is 16.6. The fourth-order valence-electron chi connectivity index (χ4n) is 3.59. The second kappa shape index (κ2) is 6.80. The van der Waals surface area contributed by atoms with Crippen molar-refractivity contribution in [2.75, 3.05) is 20.1 Å². The van der Waals surface area contributed by atoms with Gasteiger partial charge in [0.2, 0.25) is 11.7 Å². The number of nitrogens with zero attached hydrogens (tertiary/aromatic N) is 4. The molecular formula is C18H21N5O3. The summed E-state index contributed by atoms with van der Waals surface area (Å²) in [7, 11) is 3.56. The molecule has 0 spiro atoms. The van der Waals surface area contributed by atoms with E-state index >= 15 is 0 Å². The van der Waals surface area contributed by atoms with Gasteiger partial charge in [-0.05, 0) is 17.7 Å². The van der Waals surface area contributed by atoms with Crippen LogP contribution in [-0.4, -0.2) is 45.9 Å². The lowest BCUT2D eigenvalue weighted by Gasteiger charge is -2.15. The second-order valence-electron chi connectivity index (χ2n) is 6.63. The molecule has 0 aliphatic carbocycles. The Morgan fingerprint density at radius 3 is 2.96 bits per heavy atom. The van der Waals surface area contributed by atoms with Gasteiger partial charge in [-0.15, -0.1) is 0 Å². The van der Waals surface area contributed by atoms with Crippen LogP contribution in [0.4, 0.5) is 0 Å². The summed E-state index contributed by atoms with van der Waals surface area (Å²) in [5.41, 5.74) is 1.90. The van der Waals surface area contributed by atoms with E-state index in [9.17, 15) is 4.79 Å². The third-order valence-electron chi connectivity index (χ3n) is 4.84. The van der Waals surface area contributed by atoms with Crippen LogP contribution in [-0.2, 0) is 18.4 Å². The quantitative estimate of drug-likeness (QED) is 0.748. The molecule has 26 heavy (non-hydrogen) atoms. The summed E-state index contributed by atoms with van der Waals surface area (Å²) in [6.45, 7) is 2.06. The van der Waals surface area contributed by atoms with Gasteiger partial charge < -0.3 is 14.3 Å². The molecule has 1 saturated heterocycles. The Morgan fingerprint density at radius 1 is 1.38 bits per heavy atom. The van der Waals surface area contributed by atoms with Crippen molar-refractivity contribution in [1.82, 2.24) is 25.2 Å². The lowest BCUT2D eigenvalue weighted by atomic mass is 9.90. The molecule has 8 heteroatoms. The molecule has 1 amide bonds. The van der Waals surface area contributed by atoms with Crippen LogP contribution in [0.5, 0.6) is 0 Å². The number of aryl methyl sites for hydroxylation is 1. The standard InChI is InChI=1S/C18H21N5O3/c1-19-18(24)15-11-23(10-14(15)12-7-20-22(2)8-12)9-13-6-17(26-21-13)16-4-3-5-25-16/h3-8,14-15H,9-11H2,1-2H3,(H,19,24)/t14-,15+/m1/s1. The molecule has 0 aromatic carbocycles. The third kappa shape index (κ3) is 3.15. The maximum atomic E-state index is 12.4. The first-order valence-corrected chi connectivity index (χ1v) is 8.56. The summed E-state index contributed by atoms with van der Waals surface area (Å²) in [5, 5.41) is 11.2. The van der Waals surface area contributed by atoms with Crippen LogP contribution in [0, 0.1) is 5.92 Å². The summed E-state index contributed by atoms with van der Waals surface area (Å²) in [4.78, 5) is 14.6. The monoisotopic (exact) mass is 355 g/mol. The van der Waals surface area contributed by atoms with Gasteiger partial charge >= 0.3 is 0 Å². The van der Waals surface area contributed by atoms with E-state index < -0.39 is 0 Å². The van der Waals surface area contributed by atoms with Gasteiger partial charge in [0.1, 0.15) is 0 Å². The SMILES string of the molecule is CNC(=O)[C@H]1CN(Cc2cc(-c3ccco3)on2)C[C@@H]1c1cnn(C)c1. The van der Waals surface area contributed by atoms with E-state index in [1.165, 1.54) is 0 Å². The molecule has 136 valence electrons. The summed E-state index contributed by atoms with van der Waals surface area (Å²) in [6.07, 6.45) is 5.43. The fourth-order valence-corrected chi connectivity index (χ4v) is 3.59. The number of carbonyl (C=O) groups excluding carboxylic acids is 1. The molecular weight excluding hydrogens is 334 g/mol. The molecule has 0 unspecified atom stereocenters. The largest absolute Gasteiger partial charge is 0.461 e. The molecule has 0 saturated carbocycles. The molecule has 1 N–H and O–H groups in total. The van der Waals surface area contributed by atoms with E-state index in [4.69, 9.17) is 8.94 Å². The van der Waals surface area contributed by atoms with Crippen LogP contribution < -0.4 is 5.32 Å². The minimum absolute atomic E-state index is 0.0535. The highest BCUT2D eigenvalue weighted by molar-refractivity contribution is 5.80. The van der Waals surface area contributed by atoms with Gasteiger partial charge in [-0.2, -0.15) is 5.10 Å². The number of nitrogens with one attached hydrogen (secondary N) is 1. The van der Waals surface area contributed by atoms with E-state index in [1.54, 1.807) is 18.0 Å². The molecule has 1 aliphatic rings. The van der Waals surface area contributed by atoms with Gasteiger partial charge in [-0.1, -0.05) is 5.16 Å². The predicted octanol–water partition coefficient (Wildman–Crippen LogP) is 1.63. The number of rotatable bonds is 5. The molecule has 4 rings (SSSR count). The number of amides is 1. The number of carbonyl (C=O) groups is 1. The lowest BCUT2D eigenvalue weighted by molar-refractivity contribution is -0.124. The van der Waals surface area contributed by atoms with Gasteiger partial charge in [0.05, 0.1) is 24.1 Å². The second-order valence-corrected chi connectivity index (χ2v) is 6.63. The average Bonchev–Trinajstić information content (AvgIpc) is 3.41. The first-order valence-electron chi connectivity index (χ1n) is 8.56. The maximum absolute atomic E-state index is 12.4. The van der Waals surface area contributed by atoms with Gasteiger partial charge in [0.25, 0.3) is 0 Å². The molecule has 8 nitrogen and oxygen atoms in total. The highest BCUT2D eigenvalue weighted by Gasteiger charge is 2.38. The van der Waals surface area contributed by atoms with Gasteiger partial charge in [0.15, 0.2) is 5.76 Å². The van der Waals surface area contributed by atoms with Crippen molar-refractivity contribution < 1.29 is 13.7 Å². The molecule has 1 aliphatic heterocycles. The van der Waals surface area contributed by atoms with Crippen molar-refractivity contribution in [2.24, 2.45) is 13.0 Å². The molecule has 0 bridgehead atoms. The lowest BCUT2D eigenvalue weighted by Crippen LogP contribution is -2.32. The Bertz CT molecular complexity index is 882. The van der Waals surface area contributed by atoms with Crippen LogP contribution >= 0.6 is 0 Å². The average molecular weight is 355 g/mol. The molecule has 3 aromatic heterocycles. The van der Waals surface area contributed by atoms with Crippen molar-refractivity contribution in [1.29, 1.82) is 0 Å². The van der Waals surface area contributed by atoms with Gasteiger partial charge in [0, 0.05) is 51.9 Å².